The Labute approximate surface area is 117 Å². The zero-order valence-electron chi connectivity index (χ0n) is 11.2. The van der Waals surface area contributed by atoms with E-state index in [1.807, 2.05) is 36.4 Å². The summed E-state index contributed by atoms with van der Waals surface area (Å²) < 4.78 is 0. The summed E-state index contributed by atoms with van der Waals surface area (Å²) in [5.41, 5.74) is 2.15. The molecule has 0 spiro atoms. The van der Waals surface area contributed by atoms with Gasteiger partial charge in [0.05, 0.1) is 17.8 Å². The van der Waals surface area contributed by atoms with Crippen molar-refractivity contribution in [1.29, 1.82) is 0 Å². The molecule has 4 heteroatoms. The van der Waals surface area contributed by atoms with Crippen LogP contribution in [0, 0.1) is 0 Å². The van der Waals surface area contributed by atoms with Gasteiger partial charge in [-0.05, 0) is 17.7 Å². The lowest BCUT2D eigenvalue weighted by molar-refractivity contribution is -0.116. The Kier molecular flexibility index (Phi) is 4.50. The molecule has 2 N–H and O–H groups in total. The molecular weight excluding hydrogens is 252 g/mol. The Balaban J connectivity index is 2.06. The molecule has 2 aromatic carbocycles. The minimum atomic E-state index is -0.172. The monoisotopic (exact) mass is 268 g/mol. The van der Waals surface area contributed by atoms with Crippen molar-refractivity contribution in [2.24, 2.45) is 0 Å². The standard InChI is InChI=1S/C16H16N2O2/c1-12(19)17-14-9-5-6-10-15(14)18-16(20)11-13-7-3-2-4-8-13/h2-10H,11H2,1H3,(H,17,19)(H,18,20). The quantitative estimate of drug-likeness (QED) is 0.895. The highest BCUT2D eigenvalue weighted by Crippen LogP contribution is 2.21. The fourth-order valence-electron chi connectivity index (χ4n) is 1.87. The highest BCUT2D eigenvalue weighted by Gasteiger charge is 2.08. The van der Waals surface area contributed by atoms with E-state index in [0.717, 1.165) is 5.56 Å². The number of rotatable bonds is 4. The summed E-state index contributed by atoms with van der Waals surface area (Å²) in [4.78, 5) is 23.1. The van der Waals surface area contributed by atoms with E-state index in [2.05, 4.69) is 10.6 Å². The third kappa shape index (κ3) is 3.95. The van der Waals surface area contributed by atoms with Gasteiger partial charge < -0.3 is 10.6 Å². The first-order valence-electron chi connectivity index (χ1n) is 6.35. The average Bonchev–Trinajstić information content (AvgIpc) is 2.41. The van der Waals surface area contributed by atoms with Crippen LogP contribution in [0.5, 0.6) is 0 Å². The average molecular weight is 268 g/mol. The second kappa shape index (κ2) is 6.52. The van der Waals surface area contributed by atoms with Gasteiger partial charge in [-0.15, -0.1) is 0 Å². The molecule has 102 valence electrons. The lowest BCUT2D eigenvalue weighted by atomic mass is 10.1. The molecule has 2 rings (SSSR count). The molecule has 0 aliphatic heterocycles. The van der Waals surface area contributed by atoms with E-state index in [9.17, 15) is 9.59 Å². The van der Waals surface area contributed by atoms with Crippen molar-refractivity contribution < 1.29 is 9.59 Å². The number of nitrogens with one attached hydrogen (secondary N) is 2. The Morgan fingerprint density at radius 2 is 1.40 bits per heavy atom. The van der Waals surface area contributed by atoms with Gasteiger partial charge in [-0.1, -0.05) is 42.5 Å². The largest absolute Gasteiger partial charge is 0.325 e. The van der Waals surface area contributed by atoms with Crippen molar-refractivity contribution in [3.05, 3.63) is 60.2 Å². The molecule has 0 atom stereocenters. The SMILES string of the molecule is CC(=O)Nc1ccccc1NC(=O)Cc1ccccc1. The predicted molar refractivity (Wildman–Crippen MR) is 79.5 cm³/mol. The summed E-state index contributed by atoms with van der Waals surface area (Å²) in [6.07, 6.45) is 0.301. The minimum absolute atomic E-state index is 0.117. The smallest absolute Gasteiger partial charge is 0.228 e. The summed E-state index contributed by atoms with van der Waals surface area (Å²) in [5, 5.41) is 5.50. The van der Waals surface area contributed by atoms with Gasteiger partial charge in [0.25, 0.3) is 0 Å². The molecule has 20 heavy (non-hydrogen) atoms. The van der Waals surface area contributed by atoms with Gasteiger partial charge >= 0.3 is 0 Å². The number of carbonyl (C=O) groups excluding carboxylic acids is 2. The Morgan fingerprint density at radius 1 is 0.850 bits per heavy atom. The topological polar surface area (TPSA) is 58.2 Å². The molecule has 2 amide bonds. The fraction of sp³-hybridized carbons (Fsp3) is 0.125. The summed E-state index contributed by atoms with van der Waals surface area (Å²) in [6.45, 7) is 1.43. The molecule has 0 heterocycles. The Bertz CT molecular complexity index is 609. The lowest BCUT2D eigenvalue weighted by Crippen LogP contribution is -2.16. The van der Waals surface area contributed by atoms with Crippen LogP contribution in [0.4, 0.5) is 11.4 Å². The van der Waals surface area contributed by atoms with Gasteiger partial charge in [-0.25, -0.2) is 0 Å². The number of para-hydroxylation sites is 2. The first-order valence-corrected chi connectivity index (χ1v) is 6.35. The molecule has 0 bridgehead atoms. The molecule has 4 nitrogen and oxygen atoms in total. The summed E-state index contributed by atoms with van der Waals surface area (Å²) in [5.74, 6) is -0.288. The van der Waals surface area contributed by atoms with Crippen LogP contribution in [0.2, 0.25) is 0 Å². The van der Waals surface area contributed by atoms with Crippen molar-refractivity contribution >= 4 is 23.2 Å². The van der Waals surface area contributed by atoms with Gasteiger partial charge in [0.15, 0.2) is 0 Å². The van der Waals surface area contributed by atoms with Crippen molar-refractivity contribution in [2.45, 2.75) is 13.3 Å². The van der Waals surface area contributed by atoms with Gasteiger partial charge in [-0.3, -0.25) is 9.59 Å². The maximum Gasteiger partial charge on any atom is 0.228 e. The van der Waals surface area contributed by atoms with Crippen molar-refractivity contribution in [3.63, 3.8) is 0 Å². The molecule has 0 saturated carbocycles. The molecule has 0 radical (unpaired) electrons. The first-order chi connectivity index (χ1) is 9.65. The summed E-state index contributed by atoms with van der Waals surface area (Å²) in [7, 11) is 0. The number of hydrogen-bond donors (Lipinski definition) is 2. The van der Waals surface area contributed by atoms with Gasteiger partial charge in [-0.2, -0.15) is 0 Å². The van der Waals surface area contributed by atoms with Gasteiger partial charge in [0.2, 0.25) is 11.8 Å². The van der Waals surface area contributed by atoms with E-state index in [1.54, 1.807) is 18.2 Å². The molecule has 0 unspecified atom stereocenters. The first kappa shape index (κ1) is 13.8. The lowest BCUT2D eigenvalue weighted by Gasteiger charge is -2.11. The summed E-state index contributed by atoms with van der Waals surface area (Å²) >= 11 is 0. The van der Waals surface area contributed by atoms with E-state index in [4.69, 9.17) is 0 Å². The molecule has 0 fully saturated rings. The summed E-state index contributed by atoms with van der Waals surface area (Å²) in [6, 6.07) is 16.6. The van der Waals surface area contributed by atoms with Crippen LogP contribution >= 0.6 is 0 Å². The van der Waals surface area contributed by atoms with Gasteiger partial charge in [0, 0.05) is 6.92 Å². The Morgan fingerprint density at radius 3 is 2.00 bits per heavy atom. The van der Waals surface area contributed by atoms with Crippen LogP contribution in [-0.2, 0) is 16.0 Å². The van der Waals surface area contributed by atoms with E-state index >= 15 is 0 Å². The zero-order chi connectivity index (χ0) is 14.4. The highest BCUT2D eigenvalue weighted by atomic mass is 16.2. The van der Waals surface area contributed by atoms with E-state index in [0.29, 0.717) is 17.8 Å². The third-order valence-electron chi connectivity index (χ3n) is 2.72. The van der Waals surface area contributed by atoms with Crippen LogP contribution in [0.1, 0.15) is 12.5 Å². The van der Waals surface area contributed by atoms with E-state index in [1.165, 1.54) is 6.92 Å². The fourth-order valence-corrected chi connectivity index (χ4v) is 1.87. The van der Waals surface area contributed by atoms with Crippen LogP contribution in [0.15, 0.2) is 54.6 Å². The zero-order valence-corrected chi connectivity index (χ0v) is 11.2. The van der Waals surface area contributed by atoms with Crippen LogP contribution in [0.25, 0.3) is 0 Å². The molecular formula is C16H16N2O2. The van der Waals surface area contributed by atoms with E-state index < -0.39 is 0 Å². The van der Waals surface area contributed by atoms with Gasteiger partial charge in [0.1, 0.15) is 0 Å². The van der Waals surface area contributed by atoms with Crippen LogP contribution in [0.3, 0.4) is 0 Å². The molecule has 0 saturated heterocycles. The molecule has 2 aromatic rings. The normalized spacial score (nSPS) is 9.85. The van der Waals surface area contributed by atoms with E-state index in [-0.39, 0.29) is 11.8 Å². The molecule has 0 aliphatic carbocycles. The Hall–Kier alpha value is -2.62. The minimum Gasteiger partial charge on any atom is -0.325 e. The molecule has 0 aliphatic rings. The predicted octanol–water partition coefficient (Wildman–Crippen LogP) is 2.83. The maximum absolute atomic E-state index is 12.0. The number of carbonyl (C=O) groups is 2. The number of anilines is 2. The number of hydrogen-bond acceptors (Lipinski definition) is 2. The van der Waals surface area contributed by atoms with Crippen molar-refractivity contribution in [2.75, 3.05) is 10.6 Å². The van der Waals surface area contributed by atoms with Crippen LogP contribution < -0.4 is 10.6 Å². The van der Waals surface area contributed by atoms with Crippen molar-refractivity contribution in [3.8, 4) is 0 Å². The second-order valence-corrected chi connectivity index (χ2v) is 4.44. The third-order valence-corrected chi connectivity index (χ3v) is 2.72. The maximum atomic E-state index is 12.0. The van der Waals surface area contributed by atoms with Crippen LogP contribution in [-0.4, -0.2) is 11.8 Å². The second-order valence-electron chi connectivity index (χ2n) is 4.44. The number of amides is 2. The number of benzene rings is 2. The van der Waals surface area contributed by atoms with Crippen molar-refractivity contribution in [1.82, 2.24) is 0 Å². The highest BCUT2D eigenvalue weighted by molar-refractivity contribution is 5.99. The molecule has 0 aromatic heterocycles.